The van der Waals surface area contributed by atoms with Gasteiger partial charge in [0, 0.05) is 22.2 Å². The van der Waals surface area contributed by atoms with Gasteiger partial charge in [-0.2, -0.15) is 26.3 Å². The number of rotatable bonds is 5. The van der Waals surface area contributed by atoms with E-state index in [4.69, 9.17) is 20.9 Å². The van der Waals surface area contributed by atoms with E-state index in [-0.39, 0.29) is 28.6 Å². The van der Waals surface area contributed by atoms with Gasteiger partial charge in [-0.15, -0.1) is 0 Å². The van der Waals surface area contributed by atoms with Crippen molar-refractivity contribution >= 4 is 16.9 Å². The molecule has 286 valence electrons. The Bertz CT molecular complexity index is 1770. The van der Waals surface area contributed by atoms with Gasteiger partial charge >= 0.3 is 12.4 Å². The summed E-state index contributed by atoms with van der Waals surface area (Å²) in [4.78, 5) is 0. The molecule has 0 fully saturated rings. The van der Waals surface area contributed by atoms with Gasteiger partial charge in [-0.05, 0) is 87.7 Å². The van der Waals surface area contributed by atoms with Gasteiger partial charge in [0.25, 0.3) is 0 Å². The molecule has 10 heteroatoms. The highest BCUT2D eigenvalue weighted by Gasteiger charge is 2.69. The lowest BCUT2D eigenvalue weighted by Crippen LogP contribution is -2.69. The fourth-order valence-corrected chi connectivity index (χ4v) is 9.07. The normalized spacial score (nSPS) is 18.5. The maximum absolute atomic E-state index is 14.6. The predicted octanol–water partition coefficient (Wildman–Crippen LogP) is 13.1. The Balaban J connectivity index is 2.02. The number of benzene rings is 3. The highest BCUT2D eigenvalue weighted by atomic mass is 19.4. The van der Waals surface area contributed by atoms with Crippen LogP contribution in [0.5, 0.6) is 17.2 Å². The molecule has 0 spiro atoms. The highest BCUT2D eigenvalue weighted by Crippen LogP contribution is 2.71. The molecular formula is C42H54F6N2O2. The third-order valence-electron chi connectivity index (χ3n) is 11.2. The summed E-state index contributed by atoms with van der Waals surface area (Å²) >= 11 is 0. The maximum Gasteiger partial charge on any atom is 0.420 e. The Labute approximate surface area is 305 Å². The van der Waals surface area contributed by atoms with Gasteiger partial charge in [0.05, 0.1) is 5.56 Å². The number of hydrogen-bond acceptors (Lipinski definition) is 4. The quantitative estimate of drug-likeness (QED) is 0.202. The zero-order valence-corrected chi connectivity index (χ0v) is 32.4. The van der Waals surface area contributed by atoms with Gasteiger partial charge in [0.1, 0.15) is 28.9 Å². The van der Waals surface area contributed by atoms with Crippen LogP contribution in [0.15, 0.2) is 66.7 Å². The summed E-state index contributed by atoms with van der Waals surface area (Å²) in [6, 6.07) is 14.0. The van der Waals surface area contributed by atoms with Crippen molar-refractivity contribution in [3.8, 4) is 17.2 Å². The van der Waals surface area contributed by atoms with Gasteiger partial charge in [-0.1, -0.05) is 101 Å². The predicted molar refractivity (Wildman–Crippen MR) is 198 cm³/mol. The Kier molecular flexibility index (Phi) is 10.2. The van der Waals surface area contributed by atoms with Crippen molar-refractivity contribution in [3.63, 3.8) is 0 Å². The molecule has 0 radical (unpaired) electrons. The summed E-state index contributed by atoms with van der Waals surface area (Å²) in [6.07, 6.45) is -7.53. The number of hydrogen-bond donors (Lipinski definition) is 2. The zero-order chi connectivity index (χ0) is 39.7. The van der Waals surface area contributed by atoms with Crippen molar-refractivity contribution in [2.45, 2.75) is 108 Å². The number of nitrogens with two attached hydrogens (primary N) is 2. The highest BCUT2D eigenvalue weighted by molar-refractivity contribution is 5.70. The van der Waals surface area contributed by atoms with Crippen molar-refractivity contribution in [1.82, 2.24) is 0 Å². The van der Waals surface area contributed by atoms with Crippen LogP contribution in [0.4, 0.5) is 37.7 Å². The van der Waals surface area contributed by atoms with Crippen molar-refractivity contribution in [1.29, 1.82) is 0 Å². The molecule has 0 saturated carbocycles. The molecule has 4 rings (SSSR count). The summed E-state index contributed by atoms with van der Waals surface area (Å²) in [5, 5.41) is 0. The molecule has 0 aliphatic heterocycles. The van der Waals surface area contributed by atoms with Crippen molar-refractivity contribution in [2.24, 2.45) is 32.5 Å². The molecule has 4 nitrogen and oxygen atoms in total. The van der Waals surface area contributed by atoms with Gasteiger partial charge in [-0.25, -0.2) is 0 Å². The van der Waals surface area contributed by atoms with E-state index < -0.39 is 62.1 Å². The second kappa shape index (κ2) is 12.9. The molecule has 4 N–H and O–H groups in total. The van der Waals surface area contributed by atoms with Crippen molar-refractivity contribution in [3.05, 3.63) is 83.4 Å². The number of halogens is 6. The standard InChI is InChI=1S/C42H54F6N2O2/c1-35(2,3)39(36(4,5)6)23-26(25-13-17-29(18-14-25)51-32-19-15-27(49)21-30(32)41(43,44)45)24-40(37(7,8)9,38(10,11)12)34(39)52-33-20-16-28(50)22-31(33)42(46,47)48/h13-23,34H,24,49-50H2,1-12H3. The Morgan fingerprint density at radius 3 is 1.40 bits per heavy atom. The number of allylic oxidation sites excluding steroid dienone is 1. The van der Waals surface area contributed by atoms with Crippen molar-refractivity contribution in [2.75, 3.05) is 11.5 Å². The number of alkyl halides is 6. The van der Waals surface area contributed by atoms with Crippen LogP contribution in [-0.4, -0.2) is 6.10 Å². The average Bonchev–Trinajstić information content (AvgIpc) is 2.96. The molecule has 3 aromatic rings. The lowest BCUT2D eigenvalue weighted by molar-refractivity contribution is -0.210. The topological polar surface area (TPSA) is 70.5 Å². The maximum atomic E-state index is 14.6. The molecule has 0 amide bonds. The monoisotopic (exact) mass is 732 g/mol. The van der Waals surface area contributed by atoms with Gasteiger partial charge in [0.15, 0.2) is 0 Å². The smallest absolute Gasteiger partial charge is 0.420 e. The van der Waals surface area contributed by atoms with E-state index in [1.165, 1.54) is 24.3 Å². The summed E-state index contributed by atoms with van der Waals surface area (Å²) in [6.45, 7) is 25.3. The number of nitrogen functional groups attached to an aromatic ring is 2. The summed E-state index contributed by atoms with van der Waals surface area (Å²) in [5.74, 6) is -0.441. The minimum Gasteiger partial charge on any atom is -0.488 e. The van der Waals surface area contributed by atoms with Crippen LogP contribution >= 0.6 is 0 Å². The first-order valence-electron chi connectivity index (χ1n) is 17.5. The molecule has 0 aromatic heterocycles. The van der Waals surface area contributed by atoms with Crippen molar-refractivity contribution < 1.29 is 35.8 Å². The second-order valence-corrected chi connectivity index (χ2v) is 18.3. The first-order valence-corrected chi connectivity index (χ1v) is 17.5. The van der Waals surface area contributed by atoms with Crippen LogP contribution in [0, 0.1) is 32.5 Å². The van der Waals surface area contributed by atoms with E-state index in [2.05, 4.69) is 89.2 Å². The minimum atomic E-state index is -4.71. The van der Waals surface area contributed by atoms with E-state index in [9.17, 15) is 26.3 Å². The molecule has 0 saturated heterocycles. The fraction of sp³-hybridized carbons (Fsp3) is 0.524. The van der Waals surface area contributed by atoms with Crippen LogP contribution in [0.25, 0.3) is 5.57 Å². The first kappa shape index (κ1) is 40.9. The lowest BCUT2D eigenvalue weighted by atomic mass is 9.37. The van der Waals surface area contributed by atoms with E-state index in [1.54, 1.807) is 12.1 Å². The van der Waals surface area contributed by atoms with E-state index in [0.29, 0.717) is 6.42 Å². The van der Waals surface area contributed by atoms with E-state index >= 15 is 0 Å². The Hall–Kier alpha value is -3.82. The summed E-state index contributed by atoms with van der Waals surface area (Å²) < 4.78 is 98.1. The number of ether oxygens (including phenoxy) is 2. The van der Waals surface area contributed by atoms with Crippen LogP contribution in [0.2, 0.25) is 0 Å². The molecule has 1 unspecified atom stereocenters. The molecular weight excluding hydrogens is 678 g/mol. The summed E-state index contributed by atoms with van der Waals surface area (Å²) in [5.41, 5.74) is 7.46. The van der Waals surface area contributed by atoms with Crippen LogP contribution in [0.1, 0.15) is 106 Å². The van der Waals surface area contributed by atoms with Crippen LogP contribution in [0.3, 0.4) is 0 Å². The molecule has 52 heavy (non-hydrogen) atoms. The Morgan fingerprint density at radius 1 is 0.577 bits per heavy atom. The van der Waals surface area contributed by atoms with Crippen LogP contribution < -0.4 is 20.9 Å². The molecule has 0 bridgehead atoms. The van der Waals surface area contributed by atoms with Gasteiger partial charge < -0.3 is 20.9 Å². The van der Waals surface area contributed by atoms with Gasteiger partial charge in [0.2, 0.25) is 0 Å². The number of anilines is 2. The molecule has 1 aliphatic carbocycles. The molecule has 1 aliphatic rings. The largest absolute Gasteiger partial charge is 0.488 e. The molecule has 0 heterocycles. The van der Waals surface area contributed by atoms with Gasteiger partial charge in [-0.3, -0.25) is 0 Å². The minimum absolute atomic E-state index is 0.0141. The second-order valence-electron chi connectivity index (χ2n) is 18.3. The third kappa shape index (κ3) is 7.23. The zero-order valence-electron chi connectivity index (χ0n) is 32.4. The lowest BCUT2D eigenvalue weighted by Gasteiger charge is -2.69. The van der Waals surface area contributed by atoms with Crippen LogP contribution in [-0.2, 0) is 12.4 Å². The summed E-state index contributed by atoms with van der Waals surface area (Å²) in [7, 11) is 0. The SMILES string of the molecule is CC(C)(C)C1(C(C)(C)C)C=C(c2ccc(Oc3ccc(N)cc3C(F)(F)F)cc2)CC(C(C)(C)C)(C(C)(C)C)C1Oc1ccc(N)cc1C(F)(F)F. The molecule has 1 atom stereocenters. The third-order valence-corrected chi connectivity index (χ3v) is 11.2. The Morgan fingerprint density at radius 2 is 1.00 bits per heavy atom. The van der Waals surface area contributed by atoms with E-state index in [1.807, 2.05) is 12.1 Å². The van der Waals surface area contributed by atoms with E-state index in [0.717, 1.165) is 23.3 Å². The average molecular weight is 733 g/mol. The molecule has 3 aromatic carbocycles. The first-order chi connectivity index (χ1) is 23.4. The fourth-order valence-electron chi connectivity index (χ4n) is 9.07.